The molecule has 1 aromatic carbocycles. The van der Waals surface area contributed by atoms with Crippen molar-refractivity contribution in [3.8, 4) is 5.75 Å². The Kier molecular flexibility index (Phi) is 8.07. The molecule has 0 aliphatic carbocycles. The normalized spacial score (nSPS) is 16.6. The summed E-state index contributed by atoms with van der Waals surface area (Å²) >= 11 is 0. The van der Waals surface area contributed by atoms with Gasteiger partial charge in [0.15, 0.2) is 0 Å². The van der Waals surface area contributed by atoms with Crippen molar-refractivity contribution in [2.75, 3.05) is 33.3 Å². The second-order valence-corrected chi connectivity index (χ2v) is 8.91. The Morgan fingerprint density at radius 1 is 1.22 bits per heavy atom. The van der Waals surface area contributed by atoms with Crippen LogP contribution in [0.5, 0.6) is 5.75 Å². The molecule has 0 amide bonds. The second-order valence-electron chi connectivity index (χ2n) is 6.97. The molecular weight excluding hydrogens is 368 g/mol. The summed E-state index contributed by atoms with van der Waals surface area (Å²) in [4.78, 5) is 12.9. The Bertz CT molecular complexity index is 697. The Morgan fingerprint density at radius 3 is 2.41 bits per heavy atom. The lowest BCUT2D eigenvalue weighted by atomic mass is 10.1. The maximum atomic E-state index is 12.8. The molecular formula is C19H30N2O5S. The lowest BCUT2D eigenvalue weighted by molar-refractivity contribution is -0.138. The third-order valence-electron chi connectivity index (χ3n) is 4.91. The fraction of sp³-hybridized carbons (Fsp3) is 0.632. The van der Waals surface area contributed by atoms with Crippen LogP contribution in [0.2, 0.25) is 0 Å². The van der Waals surface area contributed by atoms with Crippen LogP contribution in [0.15, 0.2) is 29.2 Å². The van der Waals surface area contributed by atoms with Gasteiger partial charge in [-0.2, -0.15) is 4.31 Å². The summed E-state index contributed by atoms with van der Waals surface area (Å²) in [7, 11) is -1.77. The summed E-state index contributed by atoms with van der Waals surface area (Å²) in [5.41, 5.74) is 0. The molecule has 7 nitrogen and oxygen atoms in total. The second kappa shape index (κ2) is 10.1. The smallest absolute Gasteiger partial charge is 0.317 e. The predicted molar refractivity (Wildman–Crippen MR) is 104 cm³/mol. The van der Waals surface area contributed by atoms with Crippen LogP contribution in [0, 0.1) is 0 Å². The number of piperidine rings is 1. The standard InChI is InChI=1S/C19H30N2O5S/c1-3-4-5-14-26-17-6-8-18(9-7-17)27(24,25)21-12-10-16(11-13-21)20(2)15-19(22)23/h6-9,16H,3-5,10-15H2,1-2H3,(H,22,23). The molecule has 0 atom stereocenters. The van der Waals surface area contributed by atoms with Gasteiger partial charge in [-0.1, -0.05) is 19.8 Å². The molecule has 0 aromatic heterocycles. The third kappa shape index (κ3) is 6.19. The number of carboxylic acids is 1. The minimum atomic E-state index is -3.54. The monoisotopic (exact) mass is 398 g/mol. The van der Waals surface area contributed by atoms with E-state index in [1.165, 1.54) is 4.31 Å². The molecule has 1 aliphatic rings. The van der Waals surface area contributed by atoms with Gasteiger partial charge in [-0.25, -0.2) is 8.42 Å². The van der Waals surface area contributed by atoms with Crippen molar-refractivity contribution in [2.24, 2.45) is 0 Å². The molecule has 1 N–H and O–H groups in total. The summed E-state index contributed by atoms with van der Waals surface area (Å²) in [5.74, 6) is -0.191. The molecule has 152 valence electrons. The predicted octanol–water partition coefficient (Wildman–Crippen LogP) is 2.43. The quantitative estimate of drug-likeness (QED) is 0.609. The van der Waals surface area contributed by atoms with Gasteiger partial charge in [0, 0.05) is 19.1 Å². The molecule has 0 unspecified atom stereocenters. The average Bonchev–Trinajstić information content (AvgIpc) is 2.65. The van der Waals surface area contributed by atoms with Gasteiger partial charge >= 0.3 is 5.97 Å². The zero-order valence-electron chi connectivity index (χ0n) is 16.1. The van der Waals surface area contributed by atoms with Gasteiger partial charge in [0.25, 0.3) is 0 Å². The van der Waals surface area contributed by atoms with E-state index < -0.39 is 16.0 Å². The first-order valence-electron chi connectivity index (χ1n) is 9.49. The van der Waals surface area contributed by atoms with E-state index in [0.29, 0.717) is 38.3 Å². The maximum Gasteiger partial charge on any atom is 0.317 e. The summed E-state index contributed by atoms with van der Waals surface area (Å²) in [5, 5.41) is 8.89. The van der Waals surface area contributed by atoms with Gasteiger partial charge in [-0.05, 0) is 50.6 Å². The number of nitrogens with zero attached hydrogens (tertiary/aromatic N) is 2. The van der Waals surface area contributed by atoms with E-state index in [4.69, 9.17) is 9.84 Å². The fourth-order valence-electron chi connectivity index (χ4n) is 3.26. The lowest BCUT2D eigenvalue weighted by Crippen LogP contribution is -2.46. The number of benzene rings is 1. The van der Waals surface area contributed by atoms with Crippen LogP contribution in [-0.2, 0) is 14.8 Å². The Morgan fingerprint density at radius 2 is 1.85 bits per heavy atom. The van der Waals surface area contributed by atoms with Crippen LogP contribution in [0.3, 0.4) is 0 Å². The number of carbonyl (C=O) groups is 1. The first-order chi connectivity index (χ1) is 12.8. The van der Waals surface area contributed by atoms with Crippen molar-refractivity contribution in [3.05, 3.63) is 24.3 Å². The number of hydrogen-bond donors (Lipinski definition) is 1. The molecule has 0 radical (unpaired) electrons. The third-order valence-corrected chi connectivity index (χ3v) is 6.82. The molecule has 2 rings (SSSR count). The average molecular weight is 399 g/mol. The van der Waals surface area contributed by atoms with Crippen molar-refractivity contribution in [1.29, 1.82) is 0 Å². The first-order valence-corrected chi connectivity index (χ1v) is 10.9. The highest BCUT2D eigenvalue weighted by atomic mass is 32.2. The molecule has 0 saturated carbocycles. The van der Waals surface area contributed by atoms with E-state index in [9.17, 15) is 13.2 Å². The van der Waals surface area contributed by atoms with Crippen LogP contribution in [0.4, 0.5) is 0 Å². The topological polar surface area (TPSA) is 87.2 Å². The van der Waals surface area contributed by atoms with Crippen molar-refractivity contribution < 1.29 is 23.1 Å². The van der Waals surface area contributed by atoms with Crippen molar-refractivity contribution >= 4 is 16.0 Å². The minimum absolute atomic E-state index is 0.0306. The Hall–Kier alpha value is -1.64. The Labute approximate surface area is 162 Å². The molecule has 1 fully saturated rings. The SMILES string of the molecule is CCCCCOc1ccc(S(=O)(=O)N2CCC(N(C)CC(=O)O)CC2)cc1. The first kappa shape index (κ1) is 21.7. The van der Waals surface area contributed by atoms with Gasteiger partial charge in [0.2, 0.25) is 10.0 Å². The summed E-state index contributed by atoms with van der Waals surface area (Å²) < 4.78 is 32.8. The van der Waals surface area contributed by atoms with Gasteiger partial charge in [-0.15, -0.1) is 0 Å². The molecule has 1 aliphatic heterocycles. The number of carboxylic acid groups (broad SMARTS) is 1. The number of ether oxygens (including phenoxy) is 1. The van der Waals surface area contributed by atoms with Crippen LogP contribution in [0.1, 0.15) is 39.0 Å². The number of aliphatic carboxylic acids is 1. The zero-order valence-corrected chi connectivity index (χ0v) is 17.0. The number of sulfonamides is 1. The molecule has 1 heterocycles. The van der Waals surface area contributed by atoms with Crippen LogP contribution >= 0.6 is 0 Å². The van der Waals surface area contributed by atoms with Gasteiger partial charge in [0.1, 0.15) is 5.75 Å². The van der Waals surface area contributed by atoms with E-state index >= 15 is 0 Å². The summed E-state index contributed by atoms with van der Waals surface area (Å²) in [6, 6.07) is 6.67. The number of hydrogen-bond acceptors (Lipinski definition) is 5. The molecule has 8 heteroatoms. The molecule has 0 bridgehead atoms. The van der Waals surface area contributed by atoms with Gasteiger partial charge < -0.3 is 9.84 Å². The number of rotatable bonds is 10. The maximum absolute atomic E-state index is 12.8. The zero-order chi connectivity index (χ0) is 19.9. The minimum Gasteiger partial charge on any atom is -0.494 e. The van der Waals surface area contributed by atoms with Gasteiger partial charge in [-0.3, -0.25) is 9.69 Å². The van der Waals surface area contributed by atoms with Crippen LogP contribution in [0.25, 0.3) is 0 Å². The Balaban J connectivity index is 1.91. The highest BCUT2D eigenvalue weighted by Crippen LogP contribution is 2.24. The number of likely N-dealkylation sites (N-methyl/N-ethyl adjacent to an activating group) is 1. The van der Waals surface area contributed by atoms with Crippen LogP contribution in [-0.4, -0.2) is 68.0 Å². The van der Waals surface area contributed by atoms with E-state index in [0.717, 1.165) is 19.3 Å². The van der Waals surface area contributed by atoms with Crippen LogP contribution < -0.4 is 4.74 Å². The van der Waals surface area contributed by atoms with E-state index in [1.807, 2.05) is 0 Å². The van der Waals surface area contributed by atoms with Gasteiger partial charge in [0.05, 0.1) is 18.0 Å². The van der Waals surface area contributed by atoms with E-state index in [-0.39, 0.29) is 17.5 Å². The molecule has 1 saturated heterocycles. The summed E-state index contributed by atoms with van der Waals surface area (Å²) in [6.07, 6.45) is 4.48. The van der Waals surface area contributed by atoms with Crippen molar-refractivity contribution in [3.63, 3.8) is 0 Å². The van der Waals surface area contributed by atoms with E-state index in [1.54, 1.807) is 36.2 Å². The highest BCUT2D eigenvalue weighted by molar-refractivity contribution is 7.89. The molecule has 0 spiro atoms. The molecule has 1 aromatic rings. The van der Waals surface area contributed by atoms with Crippen molar-refractivity contribution in [1.82, 2.24) is 9.21 Å². The lowest BCUT2D eigenvalue weighted by Gasteiger charge is -2.35. The summed E-state index contributed by atoms with van der Waals surface area (Å²) in [6.45, 7) is 3.53. The largest absolute Gasteiger partial charge is 0.494 e. The fourth-order valence-corrected chi connectivity index (χ4v) is 4.73. The van der Waals surface area contributed by atoms with E-state index in [2.05, 4.69) is 6.92 Å². The molecule has 27 heavy (non-hydrogen) atoms. The highest BCUT2D eigenvalue weighted by Gasteiger charge is 2.31. The van der Waals surface area contributed by atoms with Crippen molar-refractivity contribution in [2.45, 2.75) is 50.0 Å². The number of unbranched alkanes of at least 4 members (excludes halogenated alkanes) is 2.